The van der Waals surface area contributed by atoms with Crippen molar-refractivity contribution in [1.29, 1.82) is 0 Å². The second kappa shape index (κ2) is 3.73. The molecular weight excluding hydrogens is 253 g/mol. The molecule has 17 heavy (non-hydrogen) atoms. The van der Waals surface area contributed by atoms with Crippen LogP contribution in [-0.2, 0) is 16.0 Å². The molecule has 94 valence electrons. The lowest BCUT2D eigenvalue weighted by Crippen LogP contribution is -2.12. The van der Waals surface area contributed by atoms with E-state index in [1.807, 2.05) is 0 Å². The Kier molecular flexibility index (Phi) is 2.72. The Balaban J connectivity index is 2.52. The van der Waals surface area contributed by atoms with Crippen molar-refractivity contribution in [1.82, 2.24) is 0 Å². The Morgan fingerprint density at radius 3 is 2.29 bits per heavy atom. The summed E-state index contributed by atoms with van der Waals surface area (Å²) in [5, 5.41) is -0.494. The van der Waals surface area contributed by atoms with Crippen LogP contribution in [0.3, 0.4) is 0 Å². The molecule has 0 unspecified atom stereocenters. The van der Waals surface area contributed by atoms with E-state index in [0.29, 0.717) is 12.8 Å². The lowest BCUT2D eigenvalue weighted by atomic mass is 10.1. The van der Waals surface area contributed by atoms with Gasteiger partial charge in [-0.25, -0.2) is 8.42 Å². The smallest absolute Gasteiger partial charge is 0.223 e. The van der Waals surface area contributed by atoms with Gasteiger partial charge in [0, 0.05) is 0 Å². The molecule has 1 fully saturated rings. The van der Waals surface area contributed by atoms with E-state index in [2.05, 4.69) is 0 Å². The molecule has 0 bridgehead atoms. The highest BCUT2D eigenvalue weighted by Crippen LogP contribution is 2.37. The molecule has 0 atom stereocenters. The van der Waals surface area contributed by atoms with Gasteiger partial charge in [-0.3, -0.25) is 0 Å². The SMILES string of the molecule is Cc1ccc(S(=O)(=O)C2CC2)cc1C(F)(F)F. The topological polar surface area (TPSA) is 34.1 Å². The summed E-state index contributed by atoms with van der Waals surface area (Å²) >= 11 is 0. The third-order valence-electron chi connectivity index (χ3n) is 2.81. The molecule has 0 heterocycles. The first-order valence-electron chi connectivity index (χ1n) is 5.14. The Morgan fingerprint density at radius 2 is 1.82 bits per heavy atom. The largest absolute Gasteiger partial charge is 0.416 e. The number of halogens is 3. The standard InChI is InChI=1S/C11H11F3O2S/c1-7-2-3-9(6-10(7)11(12,13)14)17(15,16)8-4-5-8/h2-3,6,8H,4-5H2,1H3. The zero-order valence-corrected chi connectivity index (χ0v) is 9.90. The van der Waals surface area contributed by atoms with Gasteiger partial charge in [0.1, 0.15) is 0 Å². The van der Waals surface area contributed by atoms with Crippen LogP contribution in [0.1, 0.15) is 24.0 Å². The molecule has 6 heteroatoms. The van der Waals surface area contributed by atoms with Crippen molar-refractivity contribution in [2.24, 2.45) is 0 Å². The third kappa shape index (κ3) is 2.31. The normalized spacial score (nSPS) is 17.2. The zero-order valence-electron chi connectivity index (χ0n) is 9.08. The van der Waals surface area contributed by atoms with Crippen LogP contribution in [0.2, 0.25) is 0 Å². The molecule has 2 nitrogen and oxygen atoms in total. The van der Waals surface area contributed by atoms with Crippen LogP contribution < -0.4 is 0 Å². The molecule has 0 aromatic heterocycles. The Bertz CT molecular complexity index is 542. The van der Waals surface area contributed by atoms with Crippen molar-refractivity contribution in [3.8, 4) is 0 Å². The van der Waals surface area contributed by atoms with Gasteiger partial charge in [-0.05, 0) is 37.5 Å². The molecule has 0 radical (unpaired) electrons. The highest BCUT2D eigenvalue weighted by molar-refractivity contribution is 7.92. The average Bonchev–Trinajstić information content (AvgIpc) is 2.99. The Hall–Kier alpha value is -1.04. The monoisotopic (exact) mass is 264 g/mol. The molecule has 0 saturated heterocycles. The molecule has 0 aliphatic heterocycles. The molecule has 2 rings (SSSR count). The number of rotatable bonds is 2. The Labute approximate surface area is 97.4 Å². The van der Waals surface area contributed by atoms with E-state index in [9.17, 15) is 21.6 Å². The summed E-state index contributed by atoms with van der Waals surface area (Å²) in [5.74, 6) is 0. The summed E-state index contributed by atoms with van der Waals surface area (Å²) in [6, 6.07) is 3.19. The van der Waals surface area contributed by atoms with E-state index in [-0.39, 0.29) is 10.5 Å². The zero-order chi connectivity index (χ0) is 12.8. The molecular formula is C11H11F3O2S. The highest BCUT2D eigenvalue weighted by atomic mass is 32.2. The molecule has 1 aliphatic carbocycles. The minimum absolute atomic E-state index is 0.0345. The van der Waals surface area contributed by atoms with E-state index >= 15 is 0 Å². The predicted octanol–water partition coefficient (Wildman–Crippen LogP) is 2.95. The van der Waals surface area contributed by atoms with Crippen LogP contribution in [0, 0.1) is 6.92 Å². The lowest BCUT2D eigenvalue weighted by molar-refractivity contribution is -0.138. The number of hydrogen-bond donors (Lipinski definition) is 0. The van der Waals surface area contributed by atoms with Gasteiger partial charge in [0.25, 0.3) is 0 Å². The maximum absolute atomic E-state index is 12.6. The average molecular weight is 264 g/mol. The van der Waals surface area contributed by atoms with Crippen LogP contribution in [0.25, 0.3) is 0 Å². The maximum Gasteiger partial charge on any atom is 0.416 e. The molecule has 1 aliphatic rings. The number of alkyl halides is 3. The molecule has 0 N–H and O–H groups in total. The summed E-state index contributed by atoms with van der Waals surface area (Å²) in [7, 11) is -3.57. The summed E-state index contributed by atoms with van der Waals surface area (Å²) in [4.78, 5) is -0.224. The lowest BCUT2D eigenvalue weighted by Gasteiger charge is -2.12. The molecule has 1 aromatic rings. The maximum atomic E-state index is 12.6. The van der Waals surface area contributed by atoms with Crippen LogP contribution in [0.15, 0.2) is 23.1 Å². The quantitative estimate of drug-likeness (QED) is 0.823. The molecule has 0 spiro atoms. The van der Waals surface area contributed by atoms with Gasteiger partial charge in [-0.2, -0.15) is 13.2 Å². The first-order chi connectivity index (χ1) is 7.73. The number of aryl methyl sites for hydroxylation is 1. The summed E-state index contributed by atoms with van der Waals surface area (Å²) < 4.78 is 61.6. The minimum Gasteiger partial charge on any atom is -0.223 e. The van der Waals surface area contributed by atoms with Gasteiger partial charge < -0.3 is 0 Å². The minimum atomic E-state index is -4.51. The summed E-state index contributed by atoms with van der Waals surface area (Å²) in [6.45, 7) is 1.32. The van der Waals surface area contributed by atoms with Crippen LogP contribution in [0.4, 0.5) is 13.2 Å². The number of benzene rings is 1. The van der Waals surface area contributed by atoms with E-state index in [4.69, 9.17) is 0 Å². The second-order valence-electron chi connectivity index (χ2n) is 4.22. The van der Waals surface area contributed by atoms with Crippen LogP contribution >= 0.6 is 0 Å². The third-order valence-corrected chi connectivity index (χ3v) is 5.07. The van der Waals surface area contributed by atoms with Crippen LogP contribution in [0.5, 0.6) is 0 Å². The van der Waals surface area contributed by atoms with Gasteiger partial charge in [-0.15, -0.1) is 0 Å². The summed E-state index contributed by atoms with van der Waals surface area (Å²) in [5.41, 5.74) is -0.841. The predicted molar refractivity (Wildman–Crippen MR) is 56.4 cm³/mol. The van der Waals surface area contributed by atoms with Crippen molar-refractivity contribution in [3.63, 3.8) is 0 Å². The Morgan fingerprint density at radius 1 is 1.24 bits per heavy atom. The molecule has 1 aromatic carbocycles. The second-order valence-corrected chi connectivity index (χ2v) is 6.45. The van der Waals surface area contributed by atoms with Gasteiger partial charge >= 0.3 is 6.18 Å². The fourth-order valence-corrected chi connectivity index (χ4v) is 3.34. The first kappa shape index (κ1) is 12.4. The molecule has 1 saturated carbocycles. The molecule has 0 amide bonds. The van der Waals surface area contributed by atoms with E-state index in [1.165, 1.54) is 19.1 Å². The van der Waals surface area contributed by atoms with Crippen molar-refractivity contribution < 1.29 is 21.6 Å². The summed E-state index contributed by atoms with van der Waals surface area (Å²) in [6.07, 6.45) is -3.44. The number of hydrogen-bond acceptors (Lipinski definition) is 2. The van der Waals surface area contributed by atoms with E-state index in [1.54, 1.807) is 0 Å². The fraction of sp³-hybridized carbons (Fsp3) is 0.455. The fourth-order valence-electron chi connectivity index (χ4n) is 1.65. The van der Waals surface area contributed by atoms with Crippen LogP contribution in [-0.4, -0.2) is 13.7 Å². The van der Waals surface area contributed by atoms with Crippen molar-refractivity contribution in [2.45, 2.75) is 36.1 Å². The number of sulfone groups is 1. The van der Waals surface area contributed by atoms with Crippen molar-refractivity contribution >= 4 is 9.84 Å². The van der Waals surface area contributed by atoms with E-state index in [0.717, 1.165) is 6.07 Å². The van der Waals surface area contributed by atoms with Gasteiger partial charge in [0.2, 0.25) is 0 Å². The first-order valence-corrected chi connectivity index (χ1v) is 6.69. The van der Waals surface area contributed by atoms with Gasteiger partial charge in [0.15, 0.2) is 9.84 Å². The van der Waals surface area contributed by atoms with Gasteiger partial charge in [0.05, 0.1) is 15.7 Å². The highest BCUT2D eigenvalue weighted by Gasteiger charge is 2.39. The van der Waals surface area contributed by atoms with Gasteiger partial charge in [-0.1, -0.05) is 6.07 Å². The van der Waals surface area contributed by atoms with Crippen molar-refractivity contribution in [2.75, 3.05) is 0 Å². The van der Waals surface area contributed by atoms with E-state index < -0.39 is 26.8 Å². The van der Waals surface area contributed by atoms with Crippen molar-refractivity contribution in [3.05, 3.63) is 29.3 Å².